The van der Waals surface area contributed by atoms with Gasteiger partial charge in [0.2, 0.25) is 0 Å². The van der Waals surface area contributed by atoms with E-state index in [2.05, 4.69) is 157 Å². The predicted octanol–water partition coefficient (Wildman–Crippen LogP) is 10.7. The van der Waals surface area contributed by atoms with Gasteiger partial charge < -0.3 is 8.98 Å². The van der Waals surface area contributed by atoms with Crippen molar-refractivity contribution >= 4 is 39.0 Å². The average molecular weight is 581 g/mol. The fraction of sp³-hybridized carbons (Fsp3) is 0.119. The summed E-state index contributed by atoms with van der Waals surface area (Å²) in [7, 11) is 0. The van der Waals surface area contributed by atoms with Crippen LogP contribution in [-0.4, -0.2) is 10.3 Å². The lowest BCUT2D eigenvalue weighted by Gasteiger charge is -2.39. The Labute approximate surface area is 262 Å². The summed E-state index contributed by atoms with van der Waals surface area (Å²) in [6, 6.07) is 38.6. The molecule has 0 spiro atoms. The number of nitrogens with zero attached hydrogens (tertiary/aromatic N) is 2. The van der Waals surface area contributed by atoms with Crippen molar-refractivity contribution in [2.24, 2.45) is 4.99 Å². The van der Waals surface area contributed by atoms with Crippen LogP contribution < -0.4 is 0 Å². The number of aliphatic imine (C=N–C) groups is 1. The van der Waals surface area contributed by atoms with Crippen molar-refractivity contribution in [2.45, 2.75) is 31.1 Å². The summed E-state index contributed by atoms with van der Waals surface area (Å²) in [5.74, 6) is 1.12. The molecule has 4 aromatic carbocycles. The molecule has 9 rings (SSSR count). The van der Waals surface area contributed by atoms with Crippen LogP contribution in [-0.2, 0) is 5.41 Å². The van der Waals surface area contributed by atoms with Gasteiger partial charge in [-0.05, 0) is 37.5 Å². The van der Waals surface area contributed by atoms with E-state index >= 15 is 0 Å². The molecule has 3 aliphatic rings. The Morgan fingerprint density at radius 2 is 1.40 bits per heavy atom. The van der Waals surface area contributed by atoms with Gasteiger partial charge in [-0.15, -0.1) is 0 Å². The maximum atomic E-state index is 6.77. The number of furan rings is 1. The molecule has 3 heterocycles. The van der Waals surface area contributed by atoms with Gasteiger partial charge in [0.25, 0.3) is 0 Å². The highest BCUT2D eigenvalue weighted by Gasteiger charge is 2.48. The Morgan fingerprint density at radius 1 is 0.711 bits per heavy atom. The number of allylic oxidation sites excluding steroid dienone is 7. The summed E-state index contributed by atoms with van der Waals surface area (Å²) in [6.45, 7) is 2.33. The third kappa shape index (κ3) is 3.87. The van der Waals surface area contributed by atoms with E-state index in [4.69, 9.17) is 9.41 Å². The number of benzene rings is 4. The minimum Gasteiger partial charge on any atom is -0.459 e. The molecule has 0 bridgehead atoms. The van der Waals surface area contributed by atoms with Crippen LogP contribution in [0.4, 0.5) is 0 Å². The van der Waals surface area contributed by atoms with Gasteiger partial charge in [0.05, 0.1) is 28.0 Å². The second-order valence-corrected chi connectivity index (χ2v) is 12.4. The first kappa shape index (κ1) is 26.0. The van der Waals surface area contributed by atoms with E-state index in [-0.39, 0.29) is 11.3 Å². The molecule has 0 amide bonds. The highest BCUT2D eigenvalue weighted by molar-refractivity contribution is 6.30. The van der Waals surface area contributed by atoms with Crippen molar-refractivity contribution in [3.63, 3.8) is 0 Å². The fourth-order valence-corrected chi connectivity index (χ4v) is 7.63. The van der Waals surface area contributed by atoms with Crippen LogP contribution in [0.1, 0.15) is 48.3 Å². The van der Waals surface area contributed by atoms with Crippen LogP contribution in [0.25, 0.3) is 44.4 Å². The van der Waals surface area contributed by atoms with E-state index < -0.39 is 0 Å². The van der Waals surface area contributed by atoms with Gasteiger partial charge in [0.1, 0.15) is 11.3 Å². The number of para-hydroxylation sites is 2. The van der Waals surface area contributed by atoms with E-state index in [1.165, 1.54) is 27.7 Å². The number of hydrogen-bond donors (Lipinski definition) is 0. The summed E-state index contributed by atoms with van der Waals surface area (Å²) >= 11 is 0. The molecule has 2 unspecified atom stereocenters. The van der Waals surface area contributed by atoms with Gasteiger partial charge >= 0.3 is 0 Å². The summed E-state index contributed by atoms with van der Waals surface area (Å²) in [4.78, 5) is 5.51. The number of rotatable bonds is 3. The minimum absolute atomic E-state index is 0.0745. The summed E-state index contributed by atoms with van der Waals surface area (Å²) in [6.07, 6.45) is 15.6. The molecular weight excluding hydrogens is 548 g/mol. The zero-order valence-electron chi connectivity index (χ0n) is 25.2. The number of hydrogen-bond acceptors (Lipinski definition) is 2. The molecule has 0 saturated carbocycles. The third-order valence-electron chi connectivity index (χ3n) is 9.72. The van der Waals surface area contributed by atoms with Crippen molar-refractivity contribution in [3.05, 3.63) is 168 Å². The van der Waals surface area contributed by atoms with Crippen LogP contribution in [0.5, 0.6) is 0 Å². The molecule has 0 fully saturated rings. The number of fused-ring (bicyclic) bond motifs is 10. The monoisotopic (exact) mass is 580 g/mol. The van der Waals surface area contributed by atoms with E-state index in [9.17, 15) is 0 Å². The second-order valence-electron chi connectivity index (χ2n) is 12.4. The summed E-state index contributed by atoms with van der Waals surface area (Å²) < 4.78 is 9.30. The van der Waals surface area contributed by atoms with Crippen molar-refractivity contribution in [1.29, 1.82) is 0 Å². The standard InChI is InChI=1S/C42H32N2O/c1-42-27-15-14-22-32(42)40-37(38-31-21-9-13-26-36(31)45-41(38)42)30-20-8-11-24-34(30)44(40)35-25-12-10-23-33(28-16-4-2-5-17-28)43-39(35)29-18-6-3-7-19-29/h2-9,11,13-27,32H,10,12H2,1H3/b33-23-,35-25+,43-39+. The van der Waals surface area contributed by atoms with Crippen LogP contribution in [0.15, 0.2) is 155 Å². The molecule has 216 valence electrons. The topological polar surface area (TPSA) is 30.4 Å². The van der Waals surface area contributed by atoms with Gasteiger partial charge in [-0.3, -0.25) is 0 Å². The zero-order valence-corrected chi connectivity index (χ0v) is 25.2. The van der Waals surface area contributed by atoms with Crippen molar-refractivity contribution in [3.8, 4) is 11.1 Å². The Bertz CT molecular complexity index is 2270. The molecule has 0 N–H and O–H groups in total. The van der Waals surface area contributed by atoms with E-state index in [0.29, 0.717) is 0 Å². The predicted molar refractivity (Wildman–Crippen MR) is 186 cm³/mol. The summed E-state index contributed by atoms with van der Waals surface area (Å²) in [5.41, 5.74) is 10.9. The highest BCUT2D eigenvalue weighted by Crippen LogP contribution is 2.59. The maximum Gasteiger partial charge on any atom is 0.134 e. The molecule has 2 aliphatic carbocycles. The van der Waals surface area contributed by atoms with Gasteiger partial charge in [-0.2, -0.15) is 0 Å². The Hall–Kier alpha value is -5.41. The normalized spacial score (nSPS) is 23.9. The first-order valence-electron chi connectivity index (χ1n) is 15.8. The van der Waals surface area contributed by atoms with E-state index in [1.807, 2.05) is 0 Å². The SMILES string of the molecule is CC12C=CC=CC1c1c(c3ccccc3n1C1=C\CC\C=C(c3ccccc3)/N=C/1c1ccccc1)-c1c2oc2ccccc12. The Morgan fingerprint density at radius 3 is 2.22 bits per heavy atom. The van der Waals surface area contributed by atoms with Crippen molar-refractivity contribution in [2.75, 3.05) is 0 Å². The third-order valence-corrected chi connectivity index (χ3v) is 9.72. The van der Waals surface area contributed by atoms with E-state index in [1.54, 1.807) is 0 Å². The molecule has 0 radical (unpaired) electrons. The van der Waals surface area contributed by atoms with Crippen LogP contribution in [0, 0.1) is 0 Å². The van der Waals surface area contributed by atoms with Gasteiger partial charge in [0, 0.05) is 39.1 Å². The molecule has 3 nitrogen and oxygen atoms in total. The van der Waals surface area contributed by atoms with Crippen LogP contribution in [0.2, 0.25) is 0 Å². The van der Waals surface area contributed by atoms with Crippen LogP contribution >= 0.6 is 0 Å². The minimum atomic E-state index is -0.344. The lowest BCUT2D eigenvalue weighted by Crippen LogP contribution is -2.33. The summed E-state index contributed by atoms with van der Waals surface area (Å²) in [5, 5.41) is 2.40. The smallest absolute Gasteiger partial charge is 0.134 e. The molecule has 3 heteroatoms. The lowest BCUT2D eigenvalue weighted by atomic mass is 9.65. The van der Waals surface area contributed by atoms with Crippen molar-refractivity contribution in [1.82, 2.24) is 4.57 Å². The average Bonchev–Trinajstić information content (AvgIpc) is 3.63. The molecule has 2 atom stereocenters. The van der Waals surface area contributed by atoms with Gasteiger partial charge in [-0.1, -0.05) is 134 Å². The first-order chi connectivity index (χ1) is 22.2. The van der Waals surface area contributed by atoms with E-state index in [0.717, 1.165) is 57.8 Å². The molecule has 2 aromatic heterocycles. The second kappa shape index (κ2) is 10.1. The van der Waals surface area contributed by atoms with Gasteiger partial charge in [0.15, 0.2) is 0 Å². The maximum absolute atomic E-state index is 6.77. The number of aromatic nitrogens is 1. The quantitative estimate of drug-likeness (QED) is 0.205. The zero-order chi connectivity index (χ0) is 30.0. The first-order valence-corrected chi connectivity index (χ1v) is 15.8. The van der Waals surface area contributed by atoms with Crippen molar-refractivity contribution < 1.29 is 4.42 Å². The molecular formula is C42H32N2O. The fourth-order valence-electron chi connectivity index (χ4n) is 7.63. The molecule has 0 saturated heterocycles. The van der Waals surface area contributed by atoms with Gasteiger partial charge in [-0.25, -0.2) is 4.99 Å². The highest BCUT2D eigenvalue weighted by atomic mass is 16.3. The molecule has 1 aliphatic heterocycles. The Balaban J connectivity index is 1.40. The largest absolute Gasteiger partial charge is 0.459 e. The molecule has 45 heavy (non-hydrogen) atoms. The Kier molecular flexibility index (Phi) is 5.82. The van der Waals surface area contributed by atoms with Crippen LogP contribution in [0.3, 0.4) is 0 Å². The molecule has 6 aromatic rings. The lowest BCUT2D eigenvalue weighted by molar-refractivity contribution is 0.397.